The van der Waals surface area contributed by atoms with Crippen molar-refractivity contribution in [1.82, 2.24) is 35.2 Å². The van der Waals surface area contributed by atoms with Crippen molar-refractivity contribution in [1.29, 1.82) is 0 Å². The predicted octanol–water partition coefficient (Wildman–Crippen LogP) is -4.16. The number of nitrogens with one attached hydrogen (secondary N) is 5. The number of rotatable bonds is 16. The van der Waals surface area contributed by atoms with Crippen LogP contribution in [0.2, 0.25) is 0 Å². The van der Waals surface area contributed by atoms with Gasteiger partial charge in [0.15, 0.2) is 0 Å². The van der Waals surface area contributed by atoms with Gasteiger partial charge in [0.25, 0.3) is 6.41 Å². The number of hydrogen-bond acceptors (Lipinski definition) is 18. The monoisotopic (exact) mass is 603 g/mol. The van der Waals surface area contributed by atoms with Crippen LogP contribution in [0.15, 0.2) is 24.3 Å². The molecule has 41 heavy (non-hydrogen) atoms. The molecule has 0 aliphatic carbocycles. The zero-order valence-corrected chi connectivity index (χ0v) is 25.4. The van der Waals surface area contributed by atoms with E-state index >= 15 is 0 Å². The zero-order chi connectivity index (χ0) is 29.1. The molecule has 2 atom stereocenters. The number of anilines is 6. The zero-order valence-electron chi connectivity index (χ0n) is 22.6. The smallest absolute Gasteiger partial charge is 0.748 e. The number of aromatic nitrogens is 6. The van der Waals surface area contributed by atoms with Crippen molar-refractivity contribution in [3.63, 3.8) is 0 Å². The second-order valence-corrected chi connectivity index (χ2v) is 9.58. The second kappa shape index (κ2) is 16.4. The fourth-order valence-corrected chi connectivity index (χ4v) is 3.32. The van der Waals surface area contributed by atoms with Gasteiger partial charge in [-0.2, -0.15) is 29.9 Å². The third-order valence-electron chi connectivity index (χ3n) is 4.67. The number of hydrogen-bond donors (Lipinski definition) is 8. The van der Waals surface area contributed by atoms with Crippen molar-refractivity contribution in [2.24, 2.45) is 0 Å². The molecule has 2 aromatic heterocycles. The topological polar surface area (TPSA) is 265 Å². The predicted molar refractivity (Wildman–Crippen MR) is 142 cm³/mol. The van der Waals surface area contributed by atoms with E-state index in [1.54, 1.807) is 38.1 Å². The summed E-state index contributed by atoms with van der Waals surface area (Å²) < 4.78 is 38.0. The van der Waals surface area contributed by atoms with Crippen molar-refractivity contribution in [3.05, 3.63) is 30.1 Å². The molecule has 0 radical (unpaired) electrons. The number of benzene rings is 1. The van der Waals surface area contributed by atoms with E-state index in [1.807, 2.05) is 0 Å². The Hall–Kier alpha value is -3.01. The van der Waals surface area contributed by atoms with Crippen LogP contribution < -0.4 is 60.9 Å². The molecule has 18 nitrogen and oxygen atoms in total. The maximum absolute atomic E-state index is 10.9. The van der Waals surface area contributed by atoms with E-state index in [2.05, 4.69) is 56.5 Å². The summed E-state index contributed by atoms with van der Waals surface area (Å²) in [6, 6.07) is 6.79. The van der Waals surface area contributed by atoms with E-state index < -0.39 is 35.0 Å². The van der Waals surface area contributed by atoms with Crippen LogP contribution >= 0.6 is 0 Å². The first-order valence-electron chi connectivity index (χ1n) is 11.9. The van der Waals surface area contributed by atoms with Crippen LogP contribution in [0, 0.1) is 6.92 Å². The first kappa shape index (κ1) is 34.2. The molecule has 0 fully saturated rings. The van der Waals surface area contributed by atoms with Crippen molar-refractivity contribution in [3.8, 4) is 6.01 Å². The van der Waals surface area contributed by atoms with Crippen molar-refractivity contribution < 1.29 is 62.6 Å². The van der Waals surface area contributed by atoms with Gasteiger partial charge in [-0.25, -0.2) is 8.42 Å². The normalized spacial score (nSPS) is 12.5. The van der Waals surface area contributed by atoms with Gasteiger partial charge < -0.3 is 45.9 Å². The molecule has 8 N–H and O–H groups in total. The molecule has 2 heterocycles. The van der Waals surface area contributed by atoms with Crippen LogP contribution in [-0.4, -0.2) is 103 Å². The number of aliphatic hydroxyl groups excluding tert-OH is 3. The molecule has 3 rings (SSSR count). The summed E-state index contributed by atoms with van der Waals surface area (Å²) in [7, 11) is -4.45. The first-order valence-corrected chi connectivity index (χ1v) is 13.5. The summed E-state index contributed by atoms with van der Waals surface area (Å²) in [5.41, 5.74) is 1.08. The number of ether oxygens (including phenoxy) is 1. The summed E-state index contributed by atoms with van der Waals surface area (Å²) in [6.45, 7) is 3.11. The molecule has 0 spiro atoms. The average molecular weight is 604 g/mol. The number of aliphatic hydroxyl groups is 3. The Balaban J connectivity index is 0.00000588. The molecule has 0 saturated carbocycles. The average Bonchev–Trinajstić information content (AvgIpc) is 2.86. The number of nitrogens with zero attached hydrogens (tertiary/aromatic N) is 6. The Morgan fingerprint density at radius 1 is 0.951 bits per heavy atom. The van der Waals surface area contributed by atoms with Crippen molar-refractivity contribution >= 4 is 45.3 Å². The van der Waals surface area contributed by atoms with Gasteiger partial charge in [0, 0.05) is 24.5 Å². The van der Waals surface area contributed by atoms with Crippen LogP contribution in [0.5, 0.6) is 6.01 Å². The molecule has 2 unspecified atom stereocenters. The Bertz CT molecular complexity index is 1370. The molecule has 1 aromatic carbocycles. The van der Waals surface area contributed by atoms with Gasteiger partial charge in [-0.15, -0.1) is 0 Å². The van der Waals surface area contributed by atoms with E-state index in [0.717, 1.165) is 0 Å². The summed E-state index contributed by atoms with van der Waals surface area (Å²) in [4.78, 5) is 24.9. The Kier molecular flexibility index (Phi) is 13.7. The SMILES string of the molecule is CCNC(O)Oc1nc(C)nc(Nc2cccc(Nc3nc(NCCS(=O)(=O)[O-])nc(NCC(O)CO)n3)c2)n1.[Na+]. The van der Waals surface area contributed by atoms with E-state index in [1.165, 1.54) is 0 Å². The van der Waals surface area contributed by atoms with Crippen LogP contribution in [0.4, 0.5) is 35.2 Å². The van der Waals surface area contributed by atoms with Crippen LogP contribution in [0.1, 0.15) is 12.7 Å². The van der Waals surface area contributed by atoms with Gasteiger partial charge in [-0.1, -0.05) is 13.0 Å². The molecule has 20 heteroatoms. The maximum atomic E-state index is 10.9. The third-order valence-corrected chi connectivity index (χ3v) is 5.38. The minimum Gasteiger partial charge on any atom is -0.748 e. The van der Waals surface area contributed by atoms with Crippen molar-refractivity contribution in [2.45, 2.75) is 26.4 Å². The van der Waals surface area contributed by atoms with Gasteiger partial charge in [-0.3, -0.25) is 5.32 Å². The summed E-state index contributed by atoms with van der Waals surface area (Å²) >= 11 is 0. The van der Waals surface area contributed by atoms with E-state index in [4.69, 9.17) is 9.84 Å². The molecular weight excluding hydrogens is 573 g/mol. The quantitative estimate of drug-likeness (QED) is 0.0438. The fraction of sp³-hybridized carbons (Fsp3) is 0.429. The van der Waals surface area contributed by atoms with Gasteiger partial charge in [0.05, 0.1) is 28.6 Å². The maximum Gasteiger partial charge on any atom is 1.00 e. The van der Waals surface area contributed by atoms with Crippen LogP contribution in [0.3, 0.4) is 0 Å². The number of aryl methyl sites for hydroxylation is 1. The second-order valence-electron chi connectivity index (χ2n) is 8.06. The largest absolute Gasteiger partial charge is 1.00 e. The van der Waals surface area contributed by atoms with Gasteiger partial charge in [0.1, 0.15) is 5.82 Å². The molecule has 0 aliphatic heterocycles. The molecule has 0 aliphatic rings. The minimum absolute atomic E-state index is 0. The fourth-order valence-electron chi connectivity index (χ4n) is 2.97. The van der Waals surface area contributed by atoms with E-state index in [-0.39, 0.29) is 72.5 Å². The summed E-state index contributed by atoms with van der Waals surface area (Å²) in [5.74, 6) is -0.142. The van der Waals surface area contributed by atoms with Crippen LogP contribution in [-0.2, 0) is 10.1 Å². The molecule has 0 saturated heterocycles. The van der Waals surface area contributed by atoms with E-state index in [9.17, 15) is 23.2 Å². The summed E-state index contributed by atoms with van der Waals surface area (Å²) in [5, 5.41) is 42.5. The Morgan fingerprint density at radius 3 is 2.17 bits per heavy atom. The van der Waals surface area contributed by atoms with Crippen LogP contribution in [0.25, 0.3) is 0 Å². The molecule has 218 valence electrons. The summed E-state index contributed by atoms with van der Waals surface area (Å²) in [6.07, 6.45) is -2.36. The first-order chi connectivity index (χ1) is 19.0. The van der Waals surface area contributed by atoms with Gasteiger partial charge in [0.2, 0.25) is 23.8 Å². The molecule has 3 aromatic rings. The van der Waals surface area contributed by atoms with Gasteiger partial charge >= 0.3 is 35.6 Å². The molecule has 0 amide bonds. The van der Waals surface area contributed by atoms with Crippen molar-refractivity contribution in [2.75, 3.05) is 53.3 Å². The molecule has 0 bridgehead atoms. The minimum atomic E-state index is -4.45. The Labute approximate surface area is 257 Å². The molecular formula is C21H30N11NaO7S. The van der Waals surface area contributed by atoms with Gasteiger partial charge in [-0.05, 0) is 31.7 Å². The third kappa shape index (κ3) is 12.6. The standard InChI is InChI=1S/C21H31N11O7S.Na/c1-3-22-21(35)39-20-26-12(2)25-18(32-20)27-13-5-4-6-14(9-13)28-19-30-16(23-7-8-40(36,37)38)29-17(31-19)24-10-15(34)11-33;/h4-6,9,15,21-22,33-35H,3,7-8,10-11H2,1-2H3,(H,36,37,38)(H,25,26,27,32)(H3,23,24,28,29,30,31);/q;+1/p-1. The Morgan fingerprint density at radius 2 is 1.56 bits per heavy atom. The van der Waals surface area contributed by atoms with E-state index in [0.29, 0.717) is 23.7 Å².